The number of hydrogen-bond acceptors (Lipinski definition) is 3. The highest BCUT2D eigenvalue weighted by atomic mass is 16.5. The number of esters is 1. The second-order valence-electron chi connectivity index (χ2n) is 4.38. The molecule has 0 unspecified atom stereocenters. The van der Waals surface area contributed by atoms with E-state index in [1.54, 1.807) is 0 Å². The fourth-order valence-corrected chi connectivity index (χ4v) is 1.58. The van der Waals surface area contributed by atoms with E-state index in [1.807, 2.05) is 0 Å². The predicted octanol–water partition coefficient (Wildman–Crippen LogP) is 1.21. The average Bonchev–Trinajstić information content (AvgIpc) is 2.75. The molecule has 2 fully saturated rings. The van der Waals surface area contributed by atoms with Crippen LogP contribution in [0.4, 0.5) is 0 Å². The van der Waals surface area contributed by atoms with Gasteiger partial charge in [-0.3, -0.25) is 4.79 Å². The third-order valence-corrected chi connectivity index (χ3v) is 3.18. The highest BCUT2D eigenvalue weighted by Gasteiger charge is 2.47. The van der Waals surface area contributed by atoms with E-state index in [0.29, 0.717) is 6.61 Å². The van der Waals surface area contributed by atoms with Crippen LogP contribution in [0.5, 0.6) is 0 Å². The van der Waals surface area contributed by atoms with Gasteiger partial charge >= 0.3 is 5.97 Å². The van der Waals surface area contributed by atoms with Crippen molar-refractivity contribution in [2.75, 3.05) is 6.61 Å². The molecule has 0 atom stereocenters. The summed E-state index contributed by atoms with van der Waals surface area (Å²) in [5, 5.41) is 0. The van der Waals surface area contributed by atoms with Gasteiger partial charge in [0, 0.05) is 0 Å². The number of rotatable bonds is 4. The third kappa shape index (κ3) is 2.02. The van der Waals surface area contributed by atoms with E-state index in [2.05, 4.69) is 0 Å². The van der Waals surface area contributed by atoms with Crippen LogP contribution in [-0.2, 0) is 9.53 Å². The molecule has 0 saturated heterocycles. The molecular weight excluding hydrogens is 166 g/mol. The number of hydrogen-bond donors (Lipinski definition) is 1. The highest BCUT2D eigenvalue weighted by Crippen LogP contribution is 2.34. The molecule has 0 aromatic carbocycles. The summed E-state index contributed by atoms with van der Waals surface area (Å²) < 4.78 is 5.11. The summed E-state index contributed by atoms with van der Waals surface area (Å²) in [4.78, 5) is 11.3. The van der Waals surface area contributed by atoms with Crippen LogP contribution >= 0.6 is 0 Å². The van der Waals surface area contributed by atoms with Gasteiger partial charge in [-0.05, 0) is 25.2 Å². The van der Waals surface area contributed by atoms with Gasteiger partial charge < -0.3 is 10.5 Å². The van der Waals surface area contributed by atoms with Crippen molar-refractivity contribution < 1.29 is 9.53 Å². The van der Waals surface area contributed by atoms with E-state index in [1.165, 1.54) is 19.3 Å². The molecule has 3 heteroatoms. The summed E-state index contributed by atoms with van der Waals surface area (Å²) in [7, 11) is 0. The molecule has 0 heterocycles. The summed E-state index contributed by atoms with van der Waals surface area (Å²) in [6.07, 6.45) is 6.60. The zero-order chi connectivity index (χ0) is 9.31. The summed E-state index contributed by atoms with van der Waals surface area (Å²) in [5.41, 5.74) is 5.08. The lowest BCUT2D eigenvalue weighted by atomic mass is 9.83. The van der Waals surface area contributed by atoms with Crippen LogP contribution in [0, 0.1) is 5.92 Å². The SMILES string of the molecule is NC1(C(=O)OCCC2CCC2)CC1. The van der Waals surface area contributed by atoms with Crippen LogP contribution in [0.25, 0.3) is 0 Å². The quantitative estimate of drug-likeness (QED) is 0.666. The first kappa shape index (κ1) is 9.00. The maximum atomic E-state index is 11.3. The van der Waals surface area contributed by atoms with Crippen molar-refractivity contribution in [1.82, 2.24) is 0 Å². The maximum Gasteiger partial charge on any atom is 0.326 e. The third-order valence-electron chi connectivity index (χ3n) is 3.18. The summed E-state index contributed by atoms with van der Waals surface area (Å²) in [6, 6.07) is 0. The molecule has 0 radical (unpaired) electrons. The molecule has 2 aliphatic carbocycles. The van der Waals surface area contributed by atoms with Crippen molar-refractivity contribution >= 4 is 5.97 Å². The second-order valence-corrected chi connectivity index (χ2v) is 4.38. The van der Waals surface area contributed by atoms with Crippen LogP contribution in [0.15, 0.2) is 0 Å². The summed E-state index contributed by atoms with van der Waals surface area (Å²) in [5.74, 6) is 0.618. The van der Waals surface area contributed by atoms with Crippen molar-refractivity contribution in [1.29, 1.82) is 0 Å². The Bertz CT molecular complexity index is 207. The van der Waals surface area contributed by atoms with Gasteiger partial charge in [0.25, 0.3) is 0 Å². The van der Waals surface area contributed by atoms with Gasteiger partial charge in [-0.1, -0.05) is 19.3 Å². The van der Waals surface area contributed by atoms with Crippen molar-refractivity contribution in [2.24, 2.45) is 11.7 Å². The molecule has 0 bridgehead atoms. The minimum absolute atomic E-state index is 0.188. The predicted molar refractivity (Wildman–Crippen MR) is 49.1 cm³/mol. The van der Waals surface area contributed by atoms with Gasteiger partial charge in [0.1, 0.15) is 5.54 Å². The van der Waals surface area contributed by atoms with Crippen molar-refractivity contribution in [3.05, 3.63) is 0 Å². The van der Waals surface area contributed by atoms with Gasteiger partial charge in [-0.25, -0.2) is 0 Å². The van der Waals surface area contributed by atoms with Crippen LogP contribution in [-0.4, -0.2) is 18.1 Å². The lowest BCUT2D eigenvalue weighted by Crippen LogP contribution is -2.35. The molecule has 0 aliphatic heterocycles. The Balaban J connectivity index is 1.59. The highest BCUT2D eigenvalue weighted by molar-refractivity contribution is 5.83. The van der Waals surface area contributed by atoms with Crippen LogP contribution in [0.3, 0.4) is 0 Å². The first-order valence-electron chi connectivity index (χ1n) is 5.17. The first-order valence-corrected chi connectivity index (χ1v) is 5.17. The standard InChI is InChI=1S/C10H17NO2/c11-10(5-6-10)9(12)13-7-4-8-2-1-3-8/h8H,1-7,11H2. The van der Waals surface area contributed by atoms with Gasteiger partial charge in [0.15, 0.2) is 0 Å². The molecule has 0 amide bonds. The Labute approximate surface area is 78.6 Å². The minimum atomic E-state index is -0.598. The van der Waals surface area contributed by atoms with Crippen molar-refractivity contribution in [3.8, 4) is 0 Å². The van der Waals surface area contributed by atoms with E-state index in [-0.39, 0.29) is 5.97 Å². The molecular formula is C10H17NO2. The number of nitrogens with two attached hydrogens (primary N) is 1. The minimum Gasteiger partial charge on any atom is -0.464 e. The van der Waals surface area contributed by atoms with E-state index < -0.39 is 5.54 Å². The van der Waals surface area contributed by atoms with E-state index in [9.17, 15) is 4.79 Å². The molecule has 2 aliphatic rings. The van der Waals surface area contributed by atoms with Gasteiger partial charge in [0.05, 0.1) is 6.61 Å². The van der Waals surface area contributed by atoms with Crippen LogP contribution in [0.2, 0.25) is 0 Å². The van der Waals surface area contributed by atoms with Crippen LogP contribution < -0.4 is 5.73 Å². The van der Waals surface area contributed by atoms with Crippen molar-refractivity contribution in [3.63, 3.8) is 0 Å². The van der Waals surface area contributed by atoms with Gasteiger partial charge in [-0.2, -0.15) is 0 Å². The van der Waals surface area contributed by atoms with Gasteiger partial charge in [0.2, 0.25) is 0 Å². The molecule has 2 N–H and O–H groups in total. The molecule has 0 aromatic rings. The molecule has 0 spiro atoms. The first-order chi connectivity index (χ1) is 6.21. The van der Waals surface area contributed by atoms with Crippen molar-refractivity contribution in [2.45, 2.75) is 44.1 Å². The fraction of sp³-hybridized carbons (Fsp3) is 0.900. The maximum absolute atomic E-state index is 11.3. The molecule has 2 saturated carbocycles. The molecule has 13 heavy (non-hydrogen) atoms. The Hall–Kier alpha value is -0.570. The zero-order valence-electron chi connectivity index (χ0n) is 7.92. The van der Waals surface area contributed by atoms with Gasteiger partial charge in [-0.15, -0.1) is 0 Å². The zero-order valence-corrected chi connectivity index (χ0v) is 7.92. The van der Waals surface area contributed by atoms with E-state index >= 15 is 0 Å². The largest absolute Gasteiger partial charge is 0.464 e. The molecule has 2 rings (SSSR count). The lowest BCUT2D eigenvalue weighted by Gasteiger charge is -2.25. The molecule has 0 aromatic heterocycles. The van der Waals surface area contributed by atoms with E-state index in [4.69, 9.17) is 10.5 Å². The number of ether oxygens (including phenoxy) is 1. The average molecular weight is 183 g/mol. The number of carbonyl (C=O) groups excluding carboxylic acids is 1. The number of carbonyl (C=O) groups is 1. The van der Waals surface area contributed by atoms with E-state index in [0.717, 1.165) is 25.2 Å². The normalized spacial score (nSPS) is 25.0. The Morgan fingerprint density at radius 3 is 2.62 bits per heavy atom. The Kier molecular flexibility index (Phi) is 2.28. The lowest BCUT2D eigenvalue weighted by molar-refractivity contribution is -0.146. The Morgan fingerprint density at radius 2 is 2.15 bits per heavy atom. The molecule has 74 valence electrons. The topological polar surface area (TPSA) is 52.3 Å². The Morgan fingerprint density at radius 1 is 1.46 bits per heavy atom. The monoisotopic (exact) mass is 183 g/mol. The summed E-state index contributed by atoms with van der Waals surface area (Å²) >= 11 is 0. The summed E-state index contributed by atoms with van der Waals surface area (Å²) in [6.45, 7) is 0.572. The fourth-order valence-electron chi connectivity index (χ4n) is 1.58. The van der Waals surface area contributed by atoms with Crippen LogP contribution in [0.1, 0.15) is 38.5 Å². The molecule has 3 nitrogen and oxygen atoms in total. The second kappa shape index (κ2) is 3.29. The smallest absolute Gasteiger partial charge is 0.326 e.